The van der Waals surface area contributed by atoms with Gasteiger partial charge >= 0.3 is 0 Å². The maximum absolute atomic E-state index is 13.3. The molecule has 8 nitrogen and oxygen atoms in total. The van der Waals surface area contributed by atoms with Gasteiger partial charge < -0.3 is 20.1 Å². The van der Waals surface area contributed by atoms with Gasteiger partial charge in [-0.15, -0.1) is 0 Å². The summed E-state index contributed by atoms with van der Waals surface area (Å²) in [6, 6.07) is 8.95. The molecule has 1 aliphatic carbocycles. The van der Waals surface area contributed by atoms with E-state index in [9.17, 15) is 14.7 Å². The molecule has 1 saturated carbocycles. The Balaban J connectivity index is 1.38. The zero-order chi connectivity index (χ0) is 22.9. The molecule has 1 aliphatic heterocycles. The number of fused-ring (bicyclic) bond motifs is 2. The summed E-state index contributed by atoms with van der Waals surface area (Å²) in [6.07, 6.45) is 3.87. The van der Waals surface area contributed by atoms with Gasteiger partial charge in [0.05, 0.1) is 11.1 Å². The topological polar surface area (TPSA) is 108 Å². The molecule has 172 valence electrons. The van der Waals surface area contributed by atoms with Crippen LogP contribution in [-0.4, -0.2) is 52.1 Å². The number of Topliss-reactive ketones (excluding diaryl/α,β-unsaturated/α-hetero) is 1. The van der Waals surface area contributed by atoms with Gasteiger partial charge in [0.2, 0.25) is 0 Å². The summed E-state index contributed by atoms with van der Waals surface area (Å²) >= 11 is 0. The number of ketones is 1. The molecule has 0 radical (unpaired) electrons. The van der Waals surface area contributed by atoms with Crippen LogP contribution in [0.25, 0.3) is 10.9 Å². The van der Waals surface area contributed by atoms with Crippen molar-refractivity contribution in [1.29, 1.82) is 0 Å². The van der Waals surface area contributed by atoms with Crippen LogP contribution in [0.15, 0.2) is 30.3 Å². The van der Waals surface area contributed by atoms with E-state index in [-0.39, 0.29) is 28.9 Å². The van der Waals surface area contributed by atoms with Crippen molar-refractivity contribution in [1.82, 2.24) is 20.4 Å². The standard InChI is InChI=1S/C25H28N4O4/c1-26-8-9-33-18-7-6-16-13-29(14-17(16)10-18)25(32)20-11-19-21(12-22(20)30)27-28-23(19)24(31)15-4-2-3-5-15/h6-7,10-12,15,26,30H,2-5,8-9,13-14H2,1H3,(H,27,28). The number of carbonyl (C=O) groups excluding carboxylic acids is 2. The third kappa shape index (κ3) is 4.06. The van der Waals surface area contributed by atoms with Gasteiger partial charge in [0.1, 0.15) is 23.8 Å². The van der Waals surface area contributed by atoms with Crippen molar-refractivity contribution < 1.29 is 19.4 Å². The maximum Gasteiger partial charge on any atom is 0.258 e. The van der Waals surface area contributed by atoms with E-state index < -0.39 is 0 Å². The lowest BCUT2D eigenvalue weighted by Crippen LogP contribution is -2.25. The molecule has 33 heavy (non-hydrogen) atoms. The Bertz CT molecular complexity index is 1210. The first kappa shape index (κ1) is 21.5. The third-order valence-corrected chi connectivity index (χ3v) is 6.68. The molecule has 8 heteroatoms. The number of carbonyl (C=O) groups is 2. The molecule has 2 heterocycles. The fourth-order valence-electron chi connectivity index (χ4n) is 4.84. The van der Waals surface area contributed by atoms with E-state index in [1.54, 1.807) is 11.0 Å². The maximum atomic E-state index is 13.3. The SMILES string of the molecule is CNCCOc1ccc2c(c1)CN(C(=O)c1cc3c(C(=O)C4CCCC4)n[nH]c3cc1O)C2. The molecule has 3 aromatic rings. The number of hydrogen-bond donors (Lipinski definition) is 3. The average molecular weight is 449 g/mol. The summed E-state index contributed by atoms with van der Waals surface area (Å²) < 4.78 is 5.74. The van der Waals surface area contributed by atoms with Gasteiger partial charge in [-0.05, 0) is 49.2 Å². The van der Waals surface area contributed by atoms with Gasteiger partial charge in [0.15, 0.2) is 5.78 Å². The van der Waals surface area contributed by atoms with Crippen LogP contribution in [0.1, 0.15) is 57.7 Å². The first-order valence-corrected chi connectivity index (χ1v) is 11.5. The van der Waals surface area contributed by atoms with E-state index in [2.05, 4.69) is 15.5 Å². The lowest BCUT2D eigenvalue weighted by atomic mass is 9.97. The van der Waals surface area contributed by atoms with Gasteiger partial charge in [-0.2, -0.15) is 5.10 Å². The van der Waals surface area contributed by atoms with Crippen molar-refractivity contribution in [2.24, 2.45) is 5.92 Å². The molecular weight excluding hydrogens is 420 g/mol. The Labute approximate surface area is 191 Å². The highest BCUT2D eigenvalue weighted by atomic mass is 16.5. The smallest absolute Gasteiger partial charge is 0.258 e. The predicted molar refractivity (Wildman–Crippen MR) is 123 cm³/mol. The van der Waals surface area contributed by atoms with Crippen LogP contribution >= 0.6 is 0 Å². The van der Waals surface area contributed by atoms with Crippen molar-refractivity contribution >= 4 is 22.6 Å². The van der Waals surface area contributed by atoms with E-state index in [1.807, 2.05) is 25.2 Å². The number of amides is 1. The van der Waals surface area contributed by atoms with Crippen molar-refractivity contribution in [3.05, 3.63) is 52.7 Å². The second-order valence-electron chi connectivity index (χ2n) is 8.88. The summed E-state index contributed by atoms with van der Waals surface area (Å²) in [4.78, 5) is 28.0. The molecule has 2 aromatic carbocycles. The van der Waals surface area contributed by atoms with Crippen LogP contribution in [0.5, 0.6) is 11.5 Å². The Morgan fingerprint density at radius 1 is 1.18 bits per heavy atom. The van der Waals surface area contributed by atoms with Crippen LogP contribution in [-0.2, 0) is 13.1 Å². The molecule has 1 fully saturated rings. The molecule has 1 aromatic heterocycles. The number of nitrogens with one attached hydrogen (secondary N) is 2. The first-order chi connectivity index (χ1) is 16.0. The average Bonchev–Trinajstić information content (AvgIpc) is 3.56. The highest BCUT2D eigenvalue weighted by Gasteiger charge is 2.30. The first-order valence-electron chi connectivity index (χ1n) is 11.5. The van der Waals surface area contributed by atoms with Crippen LogP contribution in [0.2, 0.25) is 0 Å². The fourth-order valence-corrected chi connectivity index (χ4v) is 4.84. The van der Waals surface area contributed by atoms with Gasteiger partial charge in [-0.25, -0.2) is 0 Å². The lowest BCUT2D eigenvalue weighted by molar-refractivity contribution is 0.0748. The number of benzene rings is 2. The van der Waals surface area contributed by atoms with Crippen molar-refractivity contribution in [2.45, 2.75) is 38.8 Å². The molecule has 5 rings (SSSR count). The second kappa shape index (κ2) is 8.86. The van der Waals surface area contributed by atoms with Crippen LogP contribution in [0, 0.1) is 5.92 Å². The molecule has 0 bridgehead atoms. The number of likely N-dealkylation sites (N-methyl/N-ethyl adjacent to an activating group) is 1. The second-order valence-corrected chi connectivity index (χ2v) is 8.88. The molecule has 2 aliphatic rings. The monoisotopic (exact) mass is 448 g/mol. The van der Waals surface area contributed by atoms with Crippen molar-refractivity contribution in [3.63, 3.8) is 0 Å². The number of aromatic nitrogens is 2. The quantitative estimate of drug-likeness (QED) is 0.378. The Morgan fingerprint density at radius 3 is 2.76 bits per heavy atom. The Kier molecular flexibility index (Phi) is 5.76. The molecule has 0 unspecified atom stereocenters. The molecule has 0 spiro atoms. The third-order valence-electron chi connectivity index (χ3n) is 6.68. The van der Waals surface area contributed by atoms with E-state index in [4.69, 9.17) is 4.74 Å². The van der Waals surface area contributed by atoms with Crippen LogP contribution in [0.3, 0.4) is 0 Å². The number of phenols is 1. The zero-order valence-electron chi connectivity index (χ0n) is 18.7. The van der Waals surface area contributed by atoms with E-state index in [1.165, 1.54) is 6.07 Å². The minimum atomic E-state index is -0.274. The number of hydrogen-bond acceptors (Lipinski definition) is 6. The summed E-state index contributed by atoms with van der Waals surface area (Å²) in [6.45, 7) is 2.22. The van der Waals surface area contributed by atoms with Crippen molar-refractivity contribution in [3.8, 4) is 11.5 Å². The minimum Gasteiger partial charge on any atom is -0.507 e. The van der Waals surface area contributed by atoms with E-state index in [0.717, 1.165) is 49.1 Å². The van der Waals surface area contributed by atoms with E-state index >= 15 is 0 Å². The minimum absolute atomic E-state index is 0.0120. The van der Waals surface area contributed by atoms with E-state index in [0.29, 0.717) is 36.3 Å². The molecular formula is C25H28N4O4. The summed E-state index contributed by atoms with van der Waals surface area (Å²) in [5.74, 6) is 0.382. The summed E-state index contributed by atoms with van der Waals surface area (Å²) in [5.41, 5.74) is 3.19. The Morgan fingerprint density at radius 2 is 1.97 bits per heavy atom. The lowest BCUT2D eigenvalue weighted by Gasteiger charge is -2.16. The summed E-state index contributed by atoms with van der Waals surface area (Å²) in [5, 5.41) is 21.3. The number of ether oxygens (including phenoxy) is 1. The summed E-state index contributed by atoms with van der Waals surface area (Å²) in [7, 11) is 1.87. The van der Waals surface area contributed by atoms with Gasteiger partial charge in [-0.1, -0.05) is 18.9 Å². The number of rotatable bonds is 7. The predicted octanol–water partition coefficient (Wildman–Crippen LogP) is 3.40. The highest BCUT2D eigenvalue weighted by Crippen LogP contribution is 2.34. The van der Waals surface area contributed by atoms with Gasteiger partial charge in [0.25, 0.3) is 5.91 Å². The van der Waals surface area contributed by atoms with Crippen LogP contribution in [0.4, 0.5) is 0 Å². The number of aromatic hydroxyl groups is 1. The highest BCUT2D eigenvalue weighted by molar-refractivity contribution is 6.10. The molecule has 1 amide bonds. The number of aromatic amines is 1. The largest absolute Gasteiger partial charge is 0.507 e. The fraction of sp³-hybridized carbons (Fsp3) is 0.400. The zero-order valence-corrected chi connectivity index (χ0v) is 18.7. The molecule has 3 N–H and O–H groups in total. The molecule has 0 saturated heterocycles. The number of H-pyrrole nitrogens is 1. The van der Waals surface area contributed by atoms with Gasteiger partial charge in [-0.3, -0.25) is 14.7 Å². The van der Waals surface area contributed by atoms with Crippen molar-refractivity contribution in [2.75, 3.05) is 20.2 Å². The van der Waals surface area contributed by atoms with Crippen LogP contribution < -0.4 is 10.1 Å². The Hall–Kier alpha value is -3.39. The number of nitrogens with zero attached hydrogens (tertiary/aromatic N) is 2. The normalized spacial score (nSPS) is 15.8. The van der Waals surface area contributed by atoms with Gasteiger partial charge in [0, 0.05) is 37.0 Å². The molecule has 0 atom stereocenters. The number of phenolic OH excluding ortho intramolecular Hbond substituents is 1.